The van der Waals surface area contributed by atoms with E-state index in [1.54, 1.807) is 6.07 Å². The third-order valence-corrected chi connectivity index (χ3v) is 2.32. The van der Waals surface area contributed by atoms with Gasteiger partial charge >= 0.3 is 0 Å². The minimum absolute atomic E-state index is 0.138. The van der Waals surface area contributed by atoms with Gasteiger partial charge in [0.15, 0.2) is 5.84 Å². The van der Waals surface area contributed by atoms with E-state index in [0.29, 0.717) is 13.0 Å². The monoisotopic (exact) mass is 225 g/mol. The lowest BCUT2D eigenvalue weighted by Gasteiger charge is -2.15. The number of nitrogens with two attached hydrogens (primary N) is 1. The fourth-order valence-electron chi connectivity index (χ4n) is 1.42. The Kier molecular flexibility index (Phi) is 4.72. The molecule has 0 heterocycles. The highest BCUT2D eigenvalue weighted by atomic mass is 19.1. The smallest absolute Gasteiger partial charge is 0.156 e. The van der Waals surface area contributed by atoms with Gasteiger partial charge in [0, 0.05) is 6.54 Å². The molecule has 5 heteroatoms. The summed E-state index contributed by atoms with van der Waals surface area (Å²) in [6.45, 7) is 2.40. The van der Waals surface area contributed by atoms with E-state index in [-0.39, 0.29) is 17.7 Å². The molecule has 1 unspecified atom stereocenters. The molecule has 0 fully saturated rings. The molecule has 0 saturated heterocycles. The molecule has 0 bridgehead atoms. The predicted molar refractivity (Wildman–Crippen MR) is 60.7 cm³/mol. The Hall–Kier alpha value is -1.62. The maximum atomic E-state index is 12.9. The van der Waals surface area contributed by atoms with Crippen LogP contribution in [0, 0.1) is 5.82 Å². The van der Waals surface area contributed by atoms with Crippen LogP contribution in [-0.4, -0.2) is 17.1 Å². The zero-order valence-corrected chi connectivity index (χ0v) is 9.15. The van der Waals surface area contributed by atoms with E-state index in [0.717, 1.165) is 5.56 Å². The molecule has 1 rings (SSSR count). The molecule has 0 spiro atoms. The number of amidine groups is 1. The molecule has 16 heavy (non-hydrogen) atoms. The molecule has 88 valence electrons. The lowest BCUT2D eigenvalue weighted by atomic mass is 10.1. The van der Waals surface area contributed by atoms with E-state index in [1.807, 2.05) is 13.0 Å². The normalized spacial score (nSPS) is 13.8. The van der Waals surface area contributed by atoms with Crippen molar-refractivity contribution in [1.29, 1.82) is 0 Å². The molecule has 0 radical (unpaired) electrons. The van der Waals surface area contributed by atoms with E-state index in [2.05, 4.69) is 10.5 Å². The summed E-state index contributed by atoms with van der Waals surface area (Å²) in [4.78, 5) is 0. The van der Waals surface area contributed by atoms with Crippen molar-refractivity contribution in [3.8, 4) is 0 Å². The number of halogens is 1. The first-order chi connectivity index (χ1) is 7.67. The molecule has 0 amide bonds. The third kappa shape index (κ3) is 3.51. The Bertz CT molecular complexity index is 368. The molecule has 4 nitrogen and oxygen atoms in total. The van der Waals surface area contributed by atoms with Gasteiger partial charge in [0.25, 0.3) is 0 Å². The average molecular weight is 225 g/mol. The molecule has 0 aliphatic heterocycles. The van der Waals surface area contributed by atoms with Gasteiger partial charge in [-0.05, 0) is 24.1 Å². The molecule has 1 atom stereocenters. The summed E-state index contributed by atoms with van der Waals surface area (Å²) in [5.41, 5.74) is 6.31. The first kappa shape index (κ1) is 12.4. The van der Waals surface area contributed by atoms with Crippen molar-refractivity contribution in [3.63, 3.8) is 0 Å². The molecule has 0 aliphatic rings. The summed E-state index contributed by atoms with van der Waals surface area (Å²) in [7, 11) is 0. The van der Waals surface area contributed by atoms with Gasteiger partial charge in [0.05, 0.1) is 6.04 Å². The summed E-state index contributed by atoms with van der Waals surface area (Å²) >= 11 is 0. The Morgan fingerprint density at radius 1 is 1.62 bits per heavy atom. The van der Waals surface area contributed by atoms with Crippen LogP contribution >= 0.6 is 0 Å². The van der Waals surface area contributed by atoms with Crippen LogP contribution in [0.3, 0.4) is 0 Å². The van der Waals surface area contributed by atoms with Crippen molar-refractivity contribution in [2.75, 3.05) is 0 Å². The summed E-state index contributed by atoms with van der Waals surface area (Å²) < 4.78 is 12.9. The second-order valence-corrected chi connectivity index (χ2v) is 3.50. The maximum absolute atomic E-state index is 12.9. The van der Waals surface area contributed by atoms with Crippen LogP contribution in [0.2, 0.25) is 0 Å². The summed E-state index contributed by atoms with van der Waals surface area (Å²) in [5.74, 6) is -0.130. The second kappa shape index (κ2) is 6.07. The second-order valence-electron chi connectivity index (χ2n) is 3.50. The Balaban J connectivity index is 2.56. The number of nitrogens with zero attached hydrogens (tertiary/aromatic N) is 1. The highest BCUT2D eigenvalue weighted by Gasteiger charge is 2.10. The van der Waals surface area contributed by atoms with E-state index >= 15 is 0 Å². The zero-order chi connectivity index (χ0) is 12.0. The van der Waals surface area contributed by atoms with Crippen LogP contribution in [-0.2, 0) is 6.54 Å². The molecule has 0 aromatic heterocycles. The van der Waals surface area contributed by atoms with Crippen LogP contribution in [0.1, 0.15) is 18.9 Å². The topological polar surface area (TPSA) is 70.6 Å². The summed E-state index contributed by atoms with van der Waals surface area (Å²) in [6.07, 6.45) is 0.700. The number of hydrogen-bond donors (Lipinski definition) is 3. The van der Waals surface area contributed by atoms with Gasteiger partial charge in [-0.25, -0.2) is 4.39 Å². The quantitative estimate of drug-likeness (QED) is 0.307. The molecular weight excluding hydrogens is 209 g/mol. The number of hydrogen-bond acceptors (Lipinski definition) is 3. The highest BCUT2D eigenvalue weighted by molar-refractivity contribution is 5.85. The van der Waals surface area contributed by atoms with E-state index in [4.69, 9.17) is 10.9 Å². The average Bonchev–Trinajstić information content (AvgIpc) is 2.29. The highest BCUT2D eigenvalue weighted by Crippen LogP contribution is 2.04. The summed E-state index contributed by atoms with van der Waals surface area (Å²) in [6, 6.07) is 6.11. The van der Waals surface area contributed by atoms with Crippen LogP contribution in [0.5, 0.6) is 0 Å². The van der Waals surface area contributed by atoms with Crippen molar-refractivity contribution in [1.82, 2.24) is 5.32 Å². The van der Waals surface area contributed by atoms with Crippen LogP contribution in [0.15, 0.2) is 29.4 Å². The van der Waals surface area contributed by atoms with Gasteiger partial charge in [-0.2, -0.15) is 0 Å². The number of rotatable bonds is 5. The Morgan fingerprint density at radius 2 is 2.38 bits per heavy atom. The van der Waals surface area contributed by atoms with Crippen LogP contribution < -0.4 is 11.1 Å². The number of benzene rings is 1. The van der Waals surface area contributed by atoms with Gasteiger partial charge in [0.1, 0.15) is 5.82 Å². The fraction of sp³-hybridized carbons (Fsp3) is 0.364. The predicted octanol–water partition coefficient (Wildman–Crippen LogP) is 1.44. The largest absolute Gasteiger partial charge is 0.409 e. The van der Waals surface area contributed by atoms with Gasteiger partial charge in [-0.3, -0.25) is 0 Å². The molecule has 4 N–H and O–H groups in total. The lowest BCUT2D eigenvalue weighted by molar-refractivity contribution is 0.314. The van der Waals surface area contributed by atoms with Crippen molar-refractivity contribution in [2.45, 2.75) is 25.9 Å². The molecular formula is C11H16FN3O. The molecule has 0 aliphatic carbocycles. The molecule has 1 aromatic rings. The first-order valence-electron chi connectivity index (χ1n) is 5.12. The van der Waals surface area contributed by atoms with Gasteiger partial charge in [-0.15, -0.1) is 0 Å². The number of nitrogens with one attached hydrogen (secondary N) is 1. The molecule has 1 aromatic carbocycles. The van der Waals surface area contributed by atoms with Crippen LogP contribution in [0.4, 0.5) is 4.39 Å². The van der Waals surface area contributed by atoms with Crippen molar-refractivity contribution in [3.05, 3.63) is 35.6 Å². The first-order valence-corrected chi connectivity index (χ1v) is 5.12. The minimum Gasteiger partial charge on any atom is -0.409 e. The van der Waals surface area contributed by atoms with Crippen molar-refractivity contribution in [2.24, 2.45) is 10.9 Å². The van der Waals surface area contributed by atoms with Gasteiger partial charge in [-0.1, -0.05) is 24.2 Å². The lowest BCUT2D eigenvalue weighted by Crippen LogP contribution is -2.40. The van der Waals surface area contributed by atoms with Crippen molar-refractivity contribution < 1.29 is 9.60 Å². The van der Waals surface area contributed by atoms with E-state index in [1.165, 1.54) is 12.1 Å². The Morgan fingerprint density at radius 3 is 2.94 bits per heavy atom. The zero-order valence-electron chi connectivity index (χ0n) is 9.15. The SMILES string of the molecule is CCC(NCc1cccc(F)c1)C(N)=NO. The Labute approximate surface area is 94.0 Å². The number of oxime groups is 1. The fourth-order valence-corrected chi connectivity index (χ4v) is 1.42. The van der Waals surface area contributed by atoms with Crippen molar-refractivity contribution >= 4 is 5.84 Å². The van der Waals surface area contributed by atoms with Gasteiger partial charge < -0.3 is 16.3 Å². The third-order valence-electron chi connectivity index (χ3n) is 2.32. The maximum Gasteiger partial charge on any atom is 0.156 e. The van der Waals surface area contributed by atoms with E-state index < -0.39 is 0 Å². The summed E-state index contributed by atoms with van der Waals surface area (Å²) in [5, 5.41) is 14.6. The minimum atomic E-state index is -0.267. The van der Waals surface area contributed by atoms with E-state index in [9.17, 15) is 4.39 Å². The molecule has 0 saturated carbocycles. The standard InChI is InChI=1S/C11H16FN3O/c1-2-10(11(13)15-16)14-7-8-4-3-5-9(12)6-8/h3-6,10,14,16H,2,7H2,1H3,(H2,13,15). The van der Waals surface area contributed by atoms with Crippen LogP contribution in [0.25, 0.3) is 0 Å². The van der Waals surface area contributed by atoms with Gasteiger partial charge in [0.2, 0.25) is 0 Å².